The summed E-state index contributed by atoms with van der Waals surface area (Å²) in [7, 11) is 0. The maximum Gasteiger partial charge on any atom is 0.227 e. The monoisotopic (exact) mass is 284 g/mol. The highest BCUT2D eigenvalue weighted by molar-refractivity contribution is 8.00. The molecule has 1 aromatic heterocycles. The van der Waals surface area contributed by atoms with E-state index in [-0.39, 0.29) is 5.75 Å². The summed E-state index contributed by atoms with van der Waals surface area (Å²) in [6.45, 7) is 0. The smallest absolute Gasteiger partial charge is 0.227 e. The minimum atomic E-state index is -0.468. The van der Waals surface area contributed by atoms with Crippen molar-refractivity contribution in [1.29, 1.82) is 5.26 Å². The van der Waals surface area contributed by atoms with E-state index < -0.39 is 5.91 Å². The molecule has 0 bridgehead atoms. The number of nitrogen functional groups attached to an aromatic ring is 1. The van der Waals surface area contributed by atoms with Crippen molar-refractivity contribution in [3.63, 3.8) is 0 Å². The van der Waals surface area contributed by atoms with E-state index >= 15 is 0 Å². The average Bonchev–Trinajstić information content (AvgIpc) is 2.45. The highest BCUT2D eigenvalue weighted by Crippen LogP contribution is 2.31. The number of hydrogen-bond acceptors (Lipinski definition) is 5. The van der Waals surface area contributed by atoms with Crippen molar-refractivity contribution < 1.29 is 4.79 Å². The molecule has 0 spiro atoms. The second kappa shape index (κ2) is 6.08. The van der Waals surface area contributed by atoms with Crippen LogP contribution in [0.1, 0.15) is 5.56 Å². The first-order chi connectivity index (χ1) is 9.61. The second-order valence-corrected chi connectivity index (χ2v) is 4.97. The lowest BCUT2D eigenvalue weighted by atomic mass is 10.0. The lowest BCUT2D eigenvalue weighted by Gasteiger charge is -2.09. The normalized spacial score (nSPS) is 9.95. The Bertz CT molecular complexity index is 680. The van der Waals surface area contributed by atoms with E-state index in [1.165, 1.54) is 0 Å². The van der Waals surface area contributed by atoms with Crippen molar-refractivity contribution in [3.8, 4) is 17.2 Å². The molecule has 0 fully saturated rings. The van der Waals surface area contributed by atoms with Gasteiger partial charge in [0.1, 0.15) is 16.9 Å². The summed E-state index contributed by atoms with van der Waals surface area (Å²) in [6, 6.07) is 13.2. The predicted molar refractivity (Wildman–Crippen MR) is 78.7 cm³/mol. The van der Waals surface area contributed by atoms with Crippen LogP contribution in [0.2, 0.25) is 0 Å². The van der Waals surface area contributed by atoms with Gasteiger partial charge in [-0.25, -0.2) is 4.98 Å². The van der Waals surface area contributed by atoms with Crippen LogP contribution in [-0.4, -0.2) is 16.6 Å². The molecule has 2 aromatic rings. The van der Waals surface area contributed by atoms with E-state index in [1.807, 2.05) is 30.3 Å². The van der Waals surface area contributed by atoms with Gasteiger partial charge in [0, 0.05) is 5.56 Å². The van der Waals surface area contributed by atoms with Crippen LogP contribution >= 0.6 is 11.8 Å². The standard InChI is InChI=1S/C14H12N4OS/c15-7-11-10(9-4-2-1-3-5-9)6-12(16)18-14(11)20-8-13(17)19/h1-6H,8H2,(H2,16,18)(H2,17,19). The molecule has 100 valence electrons. The molecule has 0 saturated heterocycles. The van der Waals surface area contributed by atoms with Crippen molar-refractivity contribution in [2.75, 3.05) is 11.5 Å². The van der Waals surface area contributed by atoms with Crippen molar-refractivity contribution in [2.45, 2.75) is 5.03 Å². The Balaban J connectivity index is 2.52. The molecule has 2 rings (SSSR count). The third kappa shape index (κ3) is 3.08. The van der Waals surface area contributed by atoms with Crippen LogP contribution < -0.4 is 11.5 Å². The van der Waals surface area contributed by atoms with Crippen molar-refractivity contribution in [2.24, 2.45) is 5.73 Å². The summed E-state index contributed by atoms with van der Waals surface area (Å²) < 4.78 is 0. The van der Waals surface area contributed by atoms with E-state index in [1.54, 1.807) is 6.07 Å². The fourth-order valence-electron chi connectivity index (χ4n) is 1.74. The molecule has 0 radical (unpaired) electrons. The number of benzene rings is 1. The van der Waals surface area contributed by atoms with Gasteiger partial charge in [-0.05, 0) is 11.6 Å². The highest BCUT2D eigenvalue weighted by Gasteiger charge is 2.14. The summed E-state index contributed by atoms with van der Waals surface area (Å²) >= 11 is 1.11. The number of nitriles is 1. The van der Waals surface area contributed by atoms with Crippen molar-refractivity contribution >= 4 is 23.5 Å². The lowest BCUT2D eigenvalue weighted by Crippen LogP contribution is -2.13. The van der Waals surface area contributed by atoms with E-state index in [0.717, 1.165) is 17.3 Å². The summed E-state index contributed by atoms with van der Waals surface area (Å²) in [4.78, 5) is 15.0. The summed E-state index contributed by atoms with van der Waals surface area (Å²) in [5, 5.41) is 9.78. The minimum absolute atomic E-state index is 0.0549. The molecular formula is C14H12N4OS. The number of aromatic nitrogens is 1. The molecule has 0 atom stereocenters. The van der Waals surface area contributed by atoms with Gasteiger partial charge in [-0.2, -0.15) is 5.26 Å². The number of pyridine rings is 1. The van der Waals surface area contributed by atoms with E-state index in [4.69, 9.17) is 11.5 Å². The maximum atomic E-state index is 10.9. The Kier molecular flexibility index (Phi) is 4.23. The number of thioether (sulfide) groups is 1. The number of rotatable bonds is 4. The molecular weight excluding hydrogens is 272 g/mol. The molecule has 20 heavy (non-hydrogen) atoms. The Morgan fingerprint density at radius 1 is 1.35 bits per heavy atom. The van der Waals surface area contributed by atoms with Gasteiger partial charge in [0.25, 0.3) is 0 Å². The van der Waals surface area contributed by atoms with Gasteiger partial charge < -0.3 is 11.5 Å². The second-order valence-electron chi connectivity index (χ2n) is 4.01. The first-order valence-electron chi connectivity index (χ1n) is 5.79. The molecule has 6 heteroatoms. The molecule has 0 aliphatic heterocycles. The Morgan fingerprint density at radius 2 is 2.05 bits per heavy atom. The Hall–Kier alpha value is -2.52. The van der Waals surface area contributed by atoms with Gasteiger partial charge in [-0.15, -0.1) is 0 Å². The average molecular weight is 284 g/mol. The van der Waals surface area contributed by atoms with Crippen LogP contribution in [-0.2, 0) is 4.79 Å². The SMILES string of the molecule is N#Cc1c(-c2ccccc2)cc(N)nc1SCC(N)=O. The van der Waals surface area contributed by atoms with Crippen LogP contribution in [0.5, 0.6) is 0 Å². The topological polar surface area (TPSA) is 106 Å². The number of hydrogen-bond donors (Lipinski definition) is 2. The molecule has 0 aliphatic rings. The van der Waals surface area contributed by atoms with Crippen LogP contribution in [0.4, 0.5) is 5.82 Å². The van der Waals surface area contributed by atoms with Gasteiger partial charge in [0.15, 0.2) is 0 Å². The first kappa shape index (κ1) is 13.9. The molecule has 0 saturated carbocycles. The third-order valence-corrected chi connectivity index (χ3v) is 3.55. The van der Waals surface area contributed by atoms with E-state index in [2.05, 4.69) is 11.1 Å². The zero-order valence-corrected chi connectivity index (χ0v) is 11.4. The molecule has 1 amide bonds. The number of carbonyl (C=O) groups excluding carboxylic acids is 1. The number of amides is 1. The van der Waals surface area contributed by atoms with Crippen LogP contribution in [0, 0.1) is 11.3 Å². The summed E-state index contributed by atoms with van der Waals surface area (Å²) in [5.74, 6) is -0.112. The molecule has 1 heterocycles. The molecule has 1 aromatic carbocycles. The van der Waals surface area contributed by atoms with Gasteiger partial charge in [0.2, 0.25) is 5.91 Å². The van der Waals surface area contributed by atoms with Gasteiger partial charge >= 0.3 is 0 Å². The molecule has 4 N–H and O–H groups in total. The van der Waals surface area contributed by atoms with Crippen LogP contribution in [0.3, 0.4) is 0 Å². The van der Waals surface area contributed by atoms with Gasteiger partial charge in [0.05, 0.1) is 11.3 Å². The minimum Gasteiger partial charge on any atom is -0.384 e. The molecule has 0 aliphatic carbocycles. The predicted octanol–water partition coefficient (Wildman–Crippen LogP) is 1.78. The quantitative estimate of drug-likeness (QED) is 0.832. The summed E-state index contributed by atoms with van der Waals surface area (Å²) in [6.07, 6.45) is 0. The Morgan fingerprint density at radius 3 is 2.65 bits per heavy atom. The number of nitrogens with zero attached hydrogens (tertiary/aromatic N) is 2. The van der Waals surface area contributed by atoms with Gasteiger partial charge in [-0.3, -0.25) is 4.79 Å². The zero-order chi connectivity index (χ0) is 14.5. The summed E-state index contributed by atoms with van der Waals surface area (Å²) in [5.41, 5.74) is 12.9. The largest absolute Gasteiger partial charge is 0.384 e. The Labute approximate surface area is 120 Å². The third-order valence-electron chi connectivity index (χ3n) is 2.55. The maximum absolute atomic E-state index is 10.9. The van der Waals surface area contributed by atoms with Crippen LogP contribution in [0.25, 0.3) is 11.1 Å². The first-order valence-corrected chi connectivity index (χ1v) is 6.77. The van der Waals surface area contributed by atoms with E-state index in [9.17, 15) is 10.1 Å². The van der Waals surface area contributed by atoms with Gasteiger partial charge in [-0.1, -0.05) is 42.1 Å². The molecule has 0 unspecified atom stereocenters. The fourth-order valence-corrected chi connectivity index (χ4v) is 2.49. The number of primary amides is 1. The number of nitrogens with two attached hydrogens (primary N) is 2. The van der Waals surface area contributed by atoms with E-state index in [0.29, 0.717) is 22.0 Å². The number of carbonyl (C=O) groups is 1. The lowest BCUT2D eigenvalue weighted by molar-refractivity contribution is -0.115. The zero-order valence-electron chi connectivity index (χ0n) is 10.5. The van der Waals surface area contributed by atoms with Crippen LogP contribution in [0.15, 0.2) is 41.4 Å². The van der Waals surface area contributed by atoms with Crippen molar-refractivity contribution in [3.05, 3.63) is 42.0 Å². The fraction of sp³-hybridized carbons (Fsp3) is 0.0714. The molecule has 5 nitrogen and oxygen atoms in total. The van der Waals surface area contributed by atoms with Crippen molar-refractivity contribution in [1.82, 2.24) is 4.98 Å². The highest BCUT2D eigenvalue weighted by atomic mass is 32.2. The number of anilines is 1.